The van der Waals surface area contributed by atoms with E-state index in [1.54, 1.807) is 0 Å². The fourth-order valence-corrected chi connectivity index (χ4v) is 5.34. The fraction of sp³-hybridized carbons (Fsp3) is 0.524. The summed E-state index contributed by atoms with van der Waals surface area (Å²) in [4.78, 5) is 11.4. The lowest BCUT2D eigenvalue weighted by molar-refractivity contribution is 0.309. The molecular weight excluding hydrogens is 388 g/mol. The maximum Gasteiger partial charge on any atom is 0.241 e. The highest BCUT2D eigenvalue weighted by Crippen LogP contribution is 2.22. The Hall–Kier alpha value is -2.19. The number of nitrogens with one attached hydrogen (secondary N) is 1. The lowest BCUT2D eigenvalue weighted by Gasteiger charge is -2.28. The number of hydrogen-bond acceptors (Lipinski definition) is 6. The Morgan fingerprint density at radius 1 is 1.00 bits per heavy atom. The third-order valence-electron chi connectivity index (χ3n) is 5.00. The number of hydrogen-bond donors (Lipinski definition) is 1. The molecule has 1 aliphatic rings. The predicted octanol–water partition coefficient (Wildman–Crippen LogP) is 3.06. The summed E-state index contributed by atoms with van der Waals surface area (Å²) in [5.41, 5.74) is 2.54. The normalized spacial score (nSPS) is 14.8. The second-order valence-electron chi connectivity index (χ2n) is 7.63. The Morgan fingerprint density at radius 3 is 2.31 bits per heavy atom. The van der Waals surface area contributed by atoms with Crippen molar-refractivity contribution < 1.29 is 13.2 Å². The number of ether oxygens (including phenoxy) is 1. The lowest BCUT2D eigenvalue weighted by atomic mass is 10.1. The molecule has 0 spiro atoms. The van der Waals surface area contributed by atoms with Crippen LogP contribution in [0.5, 0.6) is 5.88 Å². The second-order valence-corrected chi connectivity index (χ2v) is 9.34. The zero-order valence-corrected chi connectivity index (χ0v) is 18.5. The van der Waals surface area contributed by atoms with Gasteiger partial charge < -0.3 is 9.64 Å². The van der Waals surface area contributed by atoms with Gasteiger partial charge >= 0.3 is 0 Å². The van der Waals surface area contributed by atoms with E-state index in [0.29, 0.717) is 16.6 Å². The molecule has 0 aliphatic carbocycles. The zero-order valence-electron chi connectivity index (χ0n) is 17.7. The number of rotatable bonds is 7. The summed E-state index contributed by atoms with van der Waals surface area (Å²) in [5.74, 6) is 1.99. The van der Waals surface area contributed by atoms with Crippen molar-refractivity contribution in [3.8, 4) is 5.88 Å². The van der Waals surface area contributed by atoms with Gasteiger partial charge in [-0.15, -0.1) is 0 Å². The third-order valence-corrected chi connectivity index (χ3v) is 6.76. The van der Waals surface area contributed by atoms with E-state index in [0.717, 1.165) is 35.6 Å². The molecule has 7 nitrogen and oxygen atoms in total. The van der Waals surface area contributed by atoms with Crippen LogP contribution in [0.25, 0.3) is 0 Å². The Balaban J connectivity index is 1.61. The second kappa shape index (κ2) is 9.09. The summed E-state index contributed by atoms with van der Waals surface area (Å²) in [5, 5.41) is 0. The molecule has 0 amide bonds. The first kappa shape index (κ1) is 21.5. The highest BCUT2D eigenvalue weighted by atomic mass is 32.2. The molecule has 2 heterocycles. The standard InChI is InChI=1S/C21H30N4O3S/c1-15-12-16(2)21(17(3)13-15)29(26,27)22-8-11-28-20-14-19(23-18(4)24-20)25-9-6-5-7-10-25/h12-14,22H,5-11H2,1-4H3. The molecule has 3 rings (SSSR count). The van der Waals surface area contributed by atoms with Crippen LogP contribution < -0.4 is 14.4 Å². The molecule has 1 fully saturated rings. The molecule has 2 aromatic rings. The van der Waals surface area contributed by atoms with Gasteiger partial charge in [0.05, 0.1) is 4.90 Å². The zero-order chi connectivity index (χ0) is 21.0. The Morgan fingerprint density at radius 2 is 1.66 bits per heavy atom. The van der Waals surface area contributed by atoms with Crippen LogP contribution in [0.15, 0.2) is 23.1 Å². The van der Waals surface area contributed by atoms with Gasteiger partial charge in [-0.3, -0.25) is 0 Å². The van der Waals surface area contributed by atoms with Crippen LogP contribution in [0.3, 0.4) is 0 Å². The lowest BCUT2D eigenvalue weighted by Crippen LogP contribution is -2.31. The van der Waals surface area contributed by atoms with Crippen LogP contribution in [-0.4, -0.2) is 44.6 Å². The molecule has 1 saturated heterocycles. The molecule has 8 heteroatoms. The van der Waals surface area contributed by atoms with Gasteiger partial charge in [-0.1, -0.05) is 17.7 Å². The molecule has 0 unspecified atom stereocenters. The number of sulfonamides is 1. The Bertz CT molecular complexity index is 947. The van der Waals surface area contributed by atoms with E-state index in [2.05, 4.69) is 19.6 Å². The van der Waals surface area contributed by atoms with Crippen LogP contribution in [0.2, 0.25) is 0 Å². The first-order chi connectivity index (χ1) is 13.8. The topological polar surface area (TPSA) is 84.4 Å². The van der Waals surface area contributed by atoms with Crippen LogP contribution in [0, 0.1) is 27.7 Å². The monoisotopic (exact) mass is 418 g/mol. The van der Waals surface area contributed by atoms with Crippen molar-refractivity contribution in [1.29, 1.82) is 0 Å². The van der Waals surface area contributed by atoms with Crippen LogP contribution in [0.4, 0.5) is 5.82 Å². The Labute approximate surface area is 173 Å². The van der Waals surface area contributed by atoms with Gasteiger partial charge in [0.2, 0.25) is 15.9 Å². The quantitative estimate of drug-likeness (QED) is 0.696. The molecule has 1 N–H and O–H groups in total. The van der Waals surface area contributed by atoms with Gasteiger partial charge in [0.25, 0.3) is 0 Å². The van der Waals surface area contributed by atoms with Crippen molar-refractivity contribution in [2.75, 3.05) is 31.1 Å². The van der Waals surface area contributed by atoms with Crippen LogP contribution in [-0.2, 0) is 10.0 Å². The third kappa shape index (κ3) is 5.45. The summed E-state index contributed by atoms with van der Waals surface area (Å²) >= 11 is 0. The molecule has 0 radical (unpaired) electrons. The summed E-state index contributed by atoms with van der Waals surface area (Å²) in [7, 11) is -3.60. The molecule has 1 aromatic heterocycles. The van der Waals surface area contributed by atoms with Crippen molar-refractivity contribution in [2.24, 2.45) is 0 Å². The van der Waals surface area contributed by atoms with E-state index in [-0.39, 0.29) is 13.2 Å². The highest BCUT2D eigenvalue weighted by molar-refractivity contribution is 7.89. The number of anilines is 1. The minimum absolute atomic E-state index is 0.164. The maximum absolute atomic E-state index is 12.7. The number of benzene rings is 1. The molecule has 0 saturated carbocycles. The SMILES string of the molecule is Cc1cc(C)c(S(=O)(=O)NCCOc2cc(N3CCCCC3)nc(C)n2)c(C)c1. The minimum atomic E-state index is -3.60. The smallest absolute Gasteiger partial charge is 0.241 e. The van der Waals surface area contributed by atoms with E-state index >= 15 is 0 Å². The fourth-order valence-electron chi connectivity index (χ4n) is 3.88. The minimum Gasteiger partial charge on any atom is -0.476 e. The predicted molar refractivity (Wildman–Crippen MR) is 114 cm³/mol. The molecule has 1 aromatic carbocycles. The van der Waals surface area contributed by atoms with Gasteiger partial charge in [-0.05, 0) is 58.1 Å². The van der Waals surface area contributed by atoms with Crippen LogP contribution in [0.1, 0.15) is 41.8 Å². The van der Waals surface area contributed by atoms with Gasteiger partial charge in [-0.2, -0.15) is 4.98 Å². The van der Waals surface area contributed by atoms with E-state index in [1.165, 1.54) is 19.3 Å². The van der Waals surface area contributed by atoms with Crippen molar-refractivity contribution >= 4 is 15.8 Å². The van der Waals surface area contributed by atoms with E-state index in [4.69, 9.17) is 4.74 Å². The molecule has 1 aliphatic heterocycles. The summed E-state index contributed by atoms with van der Waals surface area (Å²) in [6, 6.07) is 5.59. The number of aromatic nitrogens is 2. The van der Waals surface area contributed by atoms with E-state index in [1.807, 2.05) is 45.9 Å². The van der Waals surface area contributed by atoms with Crippen molar-refractivity contribution in [1.82, 2.24) is 14.7 Å². The number of aryl methyl sites for hydroxylation is 4. The van der Waals surface area contributed by atoms with Crippen LogP contribution >= 0.6 is 0 Å². The molecule has 158 valence electrons. The number of nitrogens with zero attached hydrogens (tertiary/aromatic N) is 3. The maximum atomic E-state index is 12.7. The van der Waals surface area contributed by atoms with Gasteiger partial charge in [-0.25, -0.2) is 18.1 Å². The Kier molecular flexibility index (Phi) is 6.74. The summed E-state index contributed by atoms with van der Waals surface area (Å²) < 4.78 is 33.8. The average Bonchev–Trinajstić information content (AvgIpc) is 2.64. The average molecular weight is 419 g/mol. The molecule has 29 heavy (non-hydrogen) atoms. The van der Waals surface area contributed by atoms with Gasteiger partial charge in [0.15, 0.2) is 0 Å². The summed E-state index contributed by atoms with van der Waals surface area (Å²) in [6.07, 6.45) is 3.59. The van der Waals surface area contributed by atoms with Gasteiger partial charge in [0, 0.05) is 25.7 Å². The first-order valence-corrected chi connectivity index (χ1v) is 11.6. The first-order valence-electron chi connectivity index (χ1n) is 10.1. The molecule has 0 bridgehead atoms. The van der Waals surface area contributed by atoms with Gasteiger partial charge in [0.1, 0.15) is 18.2 Å². The molecular formula is C21H30N4O3S. The summed E-state index contributed by atoms with van der Waals surface area (Å²) in [6.45, 7) is 9.77. The molecule has 0 atom stereocenters. The largest absolute Gasteiger partial charge is 0.476 e. The van der Waals surface area contributed by atoms with Crippen molar-refractivity contribution in [3.63, 3.8) is 0 Å². The van der Waals surface area contributed by atoms with E-state index in [9.17, 15) is 8.42 Å². The van der Waals surface area contributed by atoms with E-state index < -0.39 is 10.0 Å². The number of piperidine rings is 1. The van der Waals surface area contributed by atoms with Crippen molar-refractivity contribution in [2.45, 2.75) is 51.9 Å². The van der Waals surface area contributed by atoms with Crippen molar-refractivity contribution in [3.05, 3.63) is 40.7 Å². The highest BCUT2D eigenvalue weighted by Gasteiger charge is 2.19.